The fraction of sp³-hybridized carbons (Fsp3) is 0.167. The fourth-order valence-electron chi connectivity index (χ4n) is 5.27. The first-order valence-electron chi connectivity index (χ1n) is 12.0. The first-order chi connectivity index (χ1) is 17.5. The summed E-state index contributed by atoms with van der Waals surface area (Å²) < 4.78 is 5.80. The molecule has 2 aliphatic rings. The van der Waals surface area contributed by atoms with Gasteiger partial charge in [-0.15, -0.1) is 0 Å². The Morgan fingerprint density at radius 2 is 1.81 bits per heavy atom. The SMILES string of the molecule is CC1Cc2cc(C(O)=C3C(=O)C(=O)N(Cc4ccncc4)C3c3cccc4ccccc34)ccc2O1. The second-order valence-corrected chi connectivity index (χ2v) is 9.31. The molecule has 1 amide bonds. The second-order valence-electron chi connectivity index (χ2n) is 9.31. The molecular weight excluding hydrogens is 452 g/mol. The van der Waals surface area contributed by atoms with E-state index in [-0.39, 0.29) is 24.0 Å². The summed E-state index contributed by atoms with van der Waals surface area (Å²) in [6.45, 7) is 2.21. The molecule has 1 aromatic heterocycles. The normalized spacial score (nSPS) is 20.5. The zero-order valence-electron chi connectivity index (χ0n) is 19.7. The molecule has 1 saturated heterocycles. The van der Waals surface area contributed by atoms with Crippen molar-refractivity contribution in [2.75, 3.05) is 0 Å². The molecule has 4 aromatic rings. The monoisotopic (exact) mass is 476 g/mol. The van der Waals surface area contributed by atoms with Gasteiger partial charge in [-0.2, -0.15) is 0 Å². The number of ketones is 1. The Morgan fingerprint density at radius 3 is 2.64 bits per heavy atom. The minimum Gasteiger partial charge on any atom is -0.507 e. The molecule has 36 heavy (non-hydrogen) atoms. The molecule has 1 N–H and O–H groups in total. The number of benzene rings is 3. The number of likely N-dealkylation sites (tertiary alicyclic amines) is 1. The highest BCUT2D eigenvalue weighted by atomic mass is 16.5. The molecule has 0 spiro atoms. The molecule has 0 saturated carbocycles. The van der Waals surface area contributed by atoms with E-state index in [1.807, 2.05) is 73.7 Å². The van der Waals surface area contributed by atoms with Crippen molar-refractivity contribution in [1.82, 2.24) is 9.88 Å². The summed E-state index contributed by atoms with van der Waals surface area (Å²) in [5, 5.41) is 13.4. The van der Waals surface area contributed by atoms with E-state index in [1.54, 1.807) is 23.4 Å². The van der Waals surface area contributed by atoms with Crippen molar-refractivity contribution < 1.29 is 19.4 Å². The molecule has 6 heteroatoms. The van der Waals surface area contributed by atoms with Crippen molar-refractivity contribution in [2.45, 2.75) is 32.0 Å². The number of pyridine rings is 1. The van der Waals surface area contributed by atoms with Crippen LogP contribution in [0.5, 0.6) is 5.75 Å². The number of aliphatic hydroxyl groups excluding tert-OH is 1. The van der Waals surface area contributed by atoms with Gasteiger partial charge in [-0.25, -0.2) is 0 Å². The Morgan fingerprint density at radius 1 is 1.03 bits per heavy atom. The number of aliphatic hydroxyl groups is 1. The van der Waals surface area contributed by atoms with Gasteiger partial charge in [0.25, 0.3) is 11.7 Å². The third kappa shape index (κ3) is 3.62. The molecule has 6 nitrogen and oxygen atoms in total. The Bertz CT molecular complexity index is 1540. The van der Waals surface area contributed by atoms with Crippen molar-refractivity contribution in [3.8, 4) is 5.75 Å². The van der Waals surface area contributed by atoms with Gasteiger partial charge in [0, 0.05) is 30.9 Å². The molecule has 3 aromatic carbocycles. The number of hydrogen-bond acceptors (Lipinski definition) is 5. The number of fused-ring (bicyclic) bond motifs is 2. The maximum Gasteiger partial charge on any atom is 0.295 e. The average Bonchev–Trinajstić information content (AvgIpc) is 3.39. The van der Waals surface area contributed by atoms with Crippen LogP contribution in [0.3, 0.4) is 0 Å². The van der Waals surface area contributed by atoms with Crippen LogP contribution >= 0.6 is 0 Å². The molecule has 0 bridgehead atoms. The number of aromatic nitrogens is 1. The van der Waals surface area contributed by atoms with Crippen molar-refractivity contribution in [2.24, 2.45) is 0 Å². The standard InChI is InChI=1S/C30H24N2O4/c1-18-15-22-16-21(9-10-25(22)36-18)28(33)26-27(24-8-4-6-20-5-2-3-7-23(20)24)32(30(35)29(26)34)17-19-11-13-31-14-12-19/h2-14,16,18,27,33H,15,17H2,1H3. The predicted octanol–water partition coefficient (Wildman–Crippen LogP) is 5.18. The van der Waals surface area contributed by atoms with E-state index in [9.17, 15) is 14.7 Å². The molecule has 0 aliphatic carbocycles. The zero-order valence-corrected chi connectivity index (χ0v) is 19.7. The highest BCUT2D eigenvalue weighted by molar-refractivity contribution is 6.46. The van der Waals surface area contributed by atoms with Gasteiger partial charge >= 0.3 is 0 Å². The lowest BCUT2D eigenvalue weighted by Gasteiger charge is -2.26. The molecule has 178 valence electrons. The Hall–Kier alpha value is -4.45. The lowest BCUT2D eigenvalue weighted by atomic mass is 9.91. The van der Waals surface area contributed by atoms with Crippen LogP contribution in [0.25, 0.3) is 16.5 Å². The van der Waals surface area contributed by atoms with E-state index in [0.717, 1.165) is 39.6 Å². The third-order valence-corrected chi connectivity index (χ3v) is 6.93. The quantitative estimate of drug-likeness (QED) is 0.249. The van der Waals surface area contributed by atoms with Gasteiger partial charge < -0.3 is 14.7 Å². The number of ether oxygens (including phenoxy) is 1. The average molecular weight is 477 g/mol. The van der Waals surface area contributed by atoms with Crippen LogP contribution in [0.1, 0.15) is 35.2 Å². The van der Waals surface area contributed by atoms with Crippen molar-refractivity contribution in [3.05, 3.63) is 113 Å². The summed E-state index contributed by atoms with van der Waals surface area (Å²) in [6.07, 6.45) is 4.09. The van der Waals surface area contributed by atoms with E-state index in [0.29, 0.717) is 5.56 Å². The number of carbonyl (C=O) groups excluding carboxylic acids is 2. The lowest BCUT2D eigenvalue weighted by molar-refractivity contribution is -0.140. The van der Waals surface area contributed by atoms with E-state index in [2.05, 4.69) is 4.98 Å². The van der Waals surface area contributed by atoms with E-state index in [1.165, 1.54) is 0 Å². The number of Topliss-reactive ketones (excluding diaryl/α,β-unsaturated/α-hetero) is 1. The van der Waals surface area contributed by atoms with Crippen molar-refractivity contribution in [1.29, 1.82) is 0 Å². The molecule has 2 unspecified atom stereocenters. The highest BCUT2D eigenvalue weighted by Crippen LogP contribution is 2.43. The molecule has 2 atom stereocenters. The summed E-state index contributed by atoms with van der Waals surface area (Å²) in [4.78, 5) is 32.5. The first kappa shape index (κ1) is 22.0. The molecular formula is C30H24N2O4. The molecule has 2 aliphatic heterocycles. The summed E-state index contributed by atoms with van der Waals surface area (Å²) in [7, 11) is 0. The summed E-state index contributed by atoms with van der Waals surface area (Å²) in [6, 6.07) is 22.0. The van der Waals surface area contributed by atoms with Crippen LogP contribution in [-0.4, -0.2) is 32.8 Å². The maximum absolute atomic E-state index is 13.5. The number of amides is 1. The maximum atomic E-state index is 13.5. The predicted molar refractivity (Wildman–Crippen MR) is 136 cm³/mol. The lowest BCUT2D eigenvalue weighted by Crippen LogP contribution is -2.29. The number of nitrogens with zero attached hydrogens (tertiary/aromatic N) is 2. The second kappa shape index (κ2) is 8.64. The smallest absolute Gasteiger partial charge is 0.295 e. The van der Waals surface area contributed by atoms with Crippen molar-refractivity contribution >= 4 is 28.2 Å². The summed E-state index contributed by atoms with van der Waals surface area (Å²) >= 11 is 0. The molecule has 1 fully saturated rings. The highest BCUT2D eigenvalue weighted by Gasteiger charge is 2.46. The van der Waals surface area contributed by atoms with Gasteiger partial charge in [0.2, 0.25) is 0 Å². The summed E-state index contributed by atoms with van der Waals surface area (Å²) in [5.74, 6) is -0.720. The van der Waals surface area contributed by atoms with Crippen LogP contribution in [0.15, 0.2) is 90.8 Å². The number of rotatable bonds is 4. The minimum atomic E-state index is -0.743. The van der Waals surface area contributed by atoms with Crippen LogP contribution in [0.2, 0.25) is 0 Å². The fourth-order valence-corrected chi connectivity index (χ4v) is 5.27. The topological polar surface area (TPSA) is 79.7 Å². The van der Waals surface area contributed by atoms with Crippen LogP contribution < -0.4 is 4.74 Å². The first-order valence-corrected chi connectivity index (χ1v) is 12.0. The Labute approximate surface area is 208 Å². The van der Waals surface area contributed by atoms with Gasteiger partial charge in [-0.3, -0.25) is 14.6 Å². The van der Waals surface area contributed by atoms with Gasteiger partial charge in [-0.05, 0) is 64.7 Å². The Balaban J connectivity index is 1.54. The van der Waals surface area contributed by atoms with Crippen molar-refractivity contribution in [3.63, 3.8) is 0 Å². The van der Waals surface area contributed by atoms with E-state index < -0.39 is 17.7 Å². The van der Waals surface area contributed by atoms with Gasteiger partial charge in [0.05, 0.1) is 11.6 Å². The van der Waals surface area contributed by atoms with Crippen LogP contribution in [0, 0.1) is 0 Å². The van der Waals surface area contributed by atoms with Crippen LogP contribution in [-0.2, 0) is 22.6 Å². The minimum absolute atomic E-state index is 0.0546. The third-order valence-electron chi connectivity index (χ3n) is 6.93. The molecule has 0 radical (unpaired) electrons. The van der Waals surface area contributed by atoms with Gasteiger partial charge in [0.1, 0.15) is 17.6 Å². The largest absolute Gasteiger partial charge is 0.507 e. The number of carbonyl (C=O) groups is 2. The Kier molecular flexibility index (Phi) is 5.29. The molecule has 6 rings (SSSR count). The zero-order chi connectivity index (χ0) is 24.8. The molecule has 3 heterocycles. The summed E-state index contributed by atoms with van der Waals surface area (Å²) in [5.41, 5.74) is 3.21. The van der Waals surface area contributed by atoms with Gasteiger partial charge in [-0.1, -0.05) is 42.5 Å². The number of hydrogen-bond donors (Lipinski definition) is 1. The van der Waals surface area contributed by atoms with E-state index >= 15 is 0 Å². The van der Waals surface area contributed by atoms with Gasteiger partial charge in [0.15, 0.2) is 0 Å². The van der Waals surface area contributed by atoms with Crippen LogP contribution in [0.4, 0.5) is 0 Å². The van der Waals surface area contributed by atoms with E-state index in [4.69, 9.17) is 4.74 Å².